The summed E-state index contributed by atoms with van der Waals surface area (Å²) in [5.74, 6) is 2.48. The summed E-state index contributed by atoms with van der Waals surface area (Å²) < 4.78 is 0. The zero-order valence-electron chi connectivity index (χ0n) is 10.4. The van der Waals surface area contributed by atoms with E-state index in [-0.39, 0.29) is 0 Å². The molecular weight excluding hydrogens is 184 g/mol. The van der Waals surface area contributed by atoms with E-state index in [0.29, 0.717) is 12.0 Å². The van der Waals surface area contributed by atoms with Crippen molar-refractivity contribution in [3.8, 4) is 0 Å². The highest BCUT2D eigenvalue weighted by Crippen LogP contribution is 2.36. The van der Waals surface area contributed by atoms with Crippen LogP contribution in [-0.4, -0.2) is 30.1 Å². The number of nitrogens with zero attached hydrogens (tertiary/aromatic N) is 1. The van der Waals surface area contributed by atoms with Gasteiger partial charge in [-0.2, -0.15) is 0 Å². The normalized spacial score (nSPS) is 48.4. The van der Waals surface area contributed by atoms with Gasteiger partial charge >= 0.3 is 0 Å². The van der Waals surface area contributed by atoms with Crippen molar-refractivity contribution in [3.63, 3.8) is 0 Å². The number of nitrogens with two attached hydrogens (primary N) is 1. The van der Waals surface area contributed by atoms with Gasteiger partial charge in [0.1, 0.15) is 0 Å². The Hall–Kier alpha value is -0.0800. The average Bonchev–Trinajstić information content (AvgIpc) is 2.53. The Kier molecular flexibility index (Phi) is 3.36. The molecule has 2 rings (SSSR count). The summed E-state index contributed by atoms with van der Waals surface area (Å²) in [5.41, 5.74) is 6.07. The molecule has 2 heteroatoms. The van der Waals surface area contributed by atoms with E-state index in [1.807, 2.05) is 0 Å². The van der Waals surface area contributed by atoms with E-state index in [0.717, 1.165) is 17.9 Å². The highest BCUT2D eigenvalue weighted by atomic mass is 15.2. The molecule has 0 amide bonds. The molecule has 5 atom stereocenters. The summed E-state index contributed by atoms with van der Waals surface area (Å²) in [7, 11) is 0. The van der Waals surface area contributed by atoms with E-state index in [9.17, 15) is 0 Å². The van der Waals surface area contributed by atoms with Crippen LogP contribution < -0.4 is 5.73 Å². The van der Waals surface area contributed by atoms with E-state index in [1.165, 1.54) is 32.4 Å². The lowest BCUT2D eigenvalue weighted by Crippen LogP contribution is -2.50. The van der Waals surface area contributed by atoms with Crippen molar-refractivity contribution >= 4 is 0 Å². The molecule has 0 bridgehead atoms. The Morgan fingerprint density at radius 3 is 2.27 bits per heavy atom. The maximum atomic E-state index is 6.07. The Balaban J connectivity index is 1.94. The zero-order chi connectivity index (χ0) is 11.0. The summed E-state index contributed by atoms with van der Waals surface area (Å²) in [4.78, 5) is 2.71. The smallest absolute Gasteiger partial charge is 0.0124 e. The molecule has 1 aliphatic heterocycles. The zero-order valence-corrected chi connectivity index (χ0v) is 10.4. The summed E-state index contributed by atoms with van der Waals surface area (Å²) in [5, 5.41) is 0. The first-order valence-corrected chi connectivity index (χ1v) is 6.59. The summed E-state index contributed by atoms with van der Waals surface area (Å²) in [6, 6.07) is 1.28. The van der Waals surface area contributed by atoms with Crippen LogP contribution in [-0.2, 0) is 0 Å². The molecule has 2 nitrogen and oxygen atoms in total. The van der Waals surface area contributed by atoms with Gasteiger partial charge in [0.2, 0.25) is 0 Å². The third-order valence-corrected chi connectivity index (χ3v) is 4.89. The van der Waals surface area contributed by atoms with Gasteiger partial charge in [0.05, 0.1) is 0 Å². The van der Waals surface area contributed by atoms with Crippen molar-refractivity contribution in [2.45, 2.75) is 52.1 Å². The van der Waals surface area contributed by atoms with Crippen LogP contribution in [0, 0.1) is 17.8 Å². The largest absolute Gasteiger partial charge is 0.327 e. The van der Waals surface area contributed by atoms with Crippen LogP contribution in [0.15, 0.2) is 0 Å². The topological polar surface area (TPSA) is 29.3 Å². The Bertz CT molecular complexity index is 217. The maximum absolute atomic E-state index is 6.07. The molecule has 1 saturated carbocycles. The van der Waals surface area contributed by atoms with E-state index in [2.05, 4.69) is 25.7 Å². The highest BCUT2D eigenvalue weighted by molar-refractivity contribution is 4.91. The number of rotatable bonds is 1. The van der Waals surface area contributed by atoms with Gasteiger partial charge in [-0.1, -0.05) is 20.8 Å². The molecule has 2 fully saturated rings. The van der Waals surface area contributed by atoms with Crippen molar-refractivity contribution < 1.29 is 0 Å². The Morgan fingerprint density at radius 1 is 1.00 bits per heavy atom. The monoisotopic (exact) mass is 210 g/mol. The molecule has 5 unspecified atom stereocenters. The lowest BCUT2D eigenvalue weighted by atomic mass is 9.90. The lowest BCUT2D eigenvalue weighted by Gasteiger charge is -2.40. The van der Waals surface area contributed by atoms with Gasteiger partial charge in [0, 0.05) is 18.6 Å². The molecule has 0 aromatic heterocycles. The first-order chi connectivity index (χ1) is 7.09. The predicted octanol–water partition coefficient (Wildman–Crippen LogP) is 2.09. The minimum atomic E-state index is 0.440. The van der Waals surface area contributed by atoms with E-state index in [1.54, 1.807) is 0 Å². The number of piperidine rings is 1. The third-order valence-electron chi connectivity index (χ3n) is 4.89. The van der Waals surface area contributed by atoms with Crippen LogP contribution >= 0.6 is 0 Å². The van der Waals surface area contributed by atoms with Gasteiger partial charge < -0.3 is 5.73 Å². The highest BCUT2D eigenvalue weighted by Gasteiger charge is 2.36. The number of hydrogen-bond donors (Lipinski definition) is 1. The van der Waals surface area contributed by atoms with Crippen molar-refractivity contribution in [1.29, 1.82) is 0 Å². The second-order valence-electron chi connectivity index (χ2n) is 5.91. The molecule has 2 aliphatic rings. The number of likely N-dealkylation sites (tertiary alicyclic amines) is 1. The minimum absolute atomic E-state index is 0.440. The molecule has 88 valence electrons. The molecule has 0 spiro atoms. The van der Waals surface area contributed by atoms with Crippen LogP contribution in [0.25, 0.3) is 0 Å². The molecule has 0 radical (unpaired) electrons. The fourth-order valence-electron chi connectivity index (χ4n) is 3.35. The molecular formula is C13H26N2. The van der Waals surface area contributed by atoms with Crippen molar-refractivity contribution in [3.05, 3.63) is 0 Å². The first kappa shape index (κ1) is 11.4. The minimum Gasteiger partial charge on any atom is -0.327 e. The van der Waals surface area contributed by atoms with Crippen molar-refractivity contribution in [1.82, 2.24) is 4.90 Å². The molecule has 15 heavy (non-hydrogen) atoms. The summed E-state index contributed by atoms with van der Waals surface area (Å²) in [6.45, 7) is 9.60. The fourth-order valence-corrected chi connectivity index (χ4v) is 3.35. The molecule has 1 heterocycles. The quantitative estimate of drug-likeness (QED) is 0.718. The van der Waals surface area contributed by atoms with Crippen LogP contribution in [0.5, 0.6) is 0 Å². The standard InChI is InChI=1S/C13H26N2/c1-9-4-5-13(11(9)3)15-7-6-12(14)10(2)8-15/h9-13H,4-8,14H2,1-3H3. The first-order valence-electron chi connectivity index (χ1n) is 6.59. The van der Waals surface area contributed by atoms with Gasteiger partial charge in [-0.3, -0.25) is 4.90 Å². The van der Waals surface area contributed by atoms with Crippen LogP contribution in [0.3, 0.4) is 0 Å². The van der Waals surface area contributed by atoms with Crippen molar-refractivity contribution in [2.75, 3.05) is 13.1 Å². The lowest BCUT2D eigenvalue weighted by molar-refractivity contribution is 0.0928. The predicted molar refractivity (Wildman–Crippen MR) is 64.7 cm³/mol. The number of hydrogen-bond acceptors (Lipinski definition) is 2. The van der Waals surface area contributed by atoms with E-state index < -0.39 is 0 Å². The van der Waals surface area contributed by atoms with Crippen LogP contribution in [0.1, 0.15) is 40.0 Å². The Morgan fingerprint density at radius 2 is 1.73 bits per heavy atom. The van der Waals surface area contributed by atoms with Crippen LogP contribution in [0.2, 0.25) is 0 Å². The molecule has 1 saturated heterocycles. The van der Waals surface area contributed by atoms with Crippen LogP contribution in [0.4, 0.5) is 0 Å². The maximum Gasteiger partial charge on any atom is 0.0124 e. The van der Waals surface area contributed by atoms with Crippen molar-refractivity contribution in [2.24, 2.45) is 23.5 Å². The van der Waals surface area contributed by atoms with Gasteiger partial charge in [0.25, 0.3) is 0 Å². The molecule has 0 aromatic rings. The summed E-state index contributed by atoms with van der Waals surface area (Å²) in [6.07, 6.45) is 4.02. The Labute approximate surface area is 94.2 Å². The van der Waals surface area contributed by atoms with Gasteiger partial charge in [-0.15, -0.1) is 0 Å². The van der Waals surface area contributed by atoms with Gasteiger partial charge in [-0.25, -0.2) is 0 Å². The molecule has 2 N–H and O–H groups in total. The summed E-state index contributed by atoms with van der Waals surface area (Å²) >= 11 is 0. The molecule has 0 aromatic carbocycles. The average molecular weight is 210 g/mol. The second-order valence-corrected chi connectivity index (χ2v) is 5.91. The van der Waals surface area contributed by atoms with E-state index in [4.69, 9.17) is 5.73 Å². The third kappa shape index (κ3) is 2.21. The molecule has 1 aliphatic carbocycles. The van der Waals surface area contributed by atoms with E-state index >= 15 is 0 Å². The second kappa shape index (κ2) is 4.42. The SMILES string of the molecule is CC1CN(C2CCC(C)C2C)CCC1N. The van der Waals surface area contributed by atoms with Gasteiger partial charge in [-0.05, 0) is 43.6 Å². The fraction of sp³-hybridized carbons (Fsp3) is 1.00. The van der Waals surface area contributed by atoms with Gasteiger partial charge in [0.15, 0.2) is 0 Å².